The van der Waals surface area contributed by atoms with E-state index >= 15 is 0 Å². The van der Waals surface area contributed by atoms with Gasteiger partial charge in [0.25, 0.3) is 11.8 Å². The van der Waals surface area contributed by atoms with E-state index in [0.29, 0.717) is 16.7 Å². The van der Waals surface area contributed by atoms with Gasteiger partial charge in [0.1, 0.15) is 18.4 Å². The van der Waals surface area contributed by atoms with Crippen LogP contribution in [0.15, 0.2) is 30.5 Å². The number of ketones is 1. The Morgan fingerprint density at radius 3 is 2.83 bits per heavy atom. The maximum Gasteiger partial charge on any atom is 0.268 e. The summed E-state index contributed by atoms with van der Waals surface area (Å²) in [5.74, 6) is -4.31. The Bertz CT molecular complexity index is 1050. The van der Waals surface area contributed by atoms with Crippen LogP contribution in [-0.4, -0.2) is 59.1 Å². The van der Waals surface area contributed by atoms with Crippen molar-refractivity contribution < 1.29 is 27.9 Å². The van der Waals surface area contributed by atoms with E-state index < -0.39 is 43.3 Å². The normalized spacial score (nSPS) is 17.4. The molecule has 1 aromatic heterocycles. The summed E-state index contributed by atoms with van der Waals surface area (Å²) in [4.78, 5) is 40.9. The molecular formula is C20H18F2N4O4. The molecule has 1 aliphatic heterocycles. The second-order valence-electron chi connectivity index (χ2n) is 6.94. The molecule has 2 amide bonds. The Kier molecular flexibility index (Phi) is 5.91. The molecule has 1 aromatic carbocycles. The van der Waals surface area contributed by atoms with Crippen molar-refractivity contribution in [3.63, 3.8) is 0 Å². The number of rotatable bonds is 6. The second-order valence-corrected chi connectivity index (χ2v) is 6.94. The van der Waals surface area contributed by atoms with Crippen LogP contribution in [-0.2, 0) is 9.59 Å². The molecule has 0 spiro atoms. The first-order valence-electron chi connectivity index (χ1n) is 9.06. The van der Waals surface area contributed by atoms with Crippen molar-refractivity contribution in [2.45, 2.75) is 25.3 Å². The minimum atomic E-state index is -3.13. The third-order valence-electron chi connectivity index (χ3n) is 4.54. The maximum atomic E-state index is 13.5. The van der Waals surface area contributed by atoms with Crippen molar-refractivity contribution in [2.75, 3.05) is 19.7 Å². The lowest BCUT2D eigenvalue weighted by molar-refractivity contribution is -0.131. The topological polar surface area (TPSA) is 112 Å². The zero-order valence-corrected chi connectivity index (χ0v) is 16.0. The first kappa shape index (κ1) is 21.1. The van der Waals surface area contributed by atoms with Crippen LogP contribution in [0.2, 0.25) is 0 Å². The van der Waals surface area contributed by atoms with Crippen LogP contribution in [0, 0.1) is 11.3 Å². The van der Waals surface area contributed by atoms with E-state index in [9.17, 15) is 23.2 Å². The number of carbonyl (C=O) groups excluding carboxylic acids is 3. The maximum absolute atomic E-state index is 13.5. The molecule has 3 rings (SSSR count). The smallest absolute Gasteiger partial charge is 0.268 e. The molecule has 0 radical (unpaired) electrons. The van der Waals surface area contributed by atoms with Crippen LogP contribution in [0.4, 0.5) is 8.78 Å². The molecule has 0 saturated carbocycles. The van der Waals surface area contributed by atoms with Gasteiger partial charge in [-0.3, -0.25) is 19.4 Å². The van der Waals surface area contributed by atoms with Crippen molar-refractivity contribution >= 4 is 28.5 Å². The summed E-state index contributed by atoms with van der Waals surface area (Å²) in [7, 11) is 0. The largest absolute Gasteiger partial charge is 0.486 e. The number of amides is 2. The molecule has 10 heteroatoms. The molecule has 1 fully saturated rings. The predicted octanol–water partition coefficient (Wildman–Crippen LogP) is 1.69. The number of alkyl halides is 2. The molecular weight excluding hydrogens is 398 g/mol. The summed E-state index contributed by atoms with van der Waals surface area (Å²) in [6, 6.07) is 6.68. The van der Waals surface area contributed by atoms with Crippen LogP contribution in [0.1, 0.15) is 23.7 Å². The van der Waals surface area contributed by atoms with Crippen molar-refractivity contribution in [1.29, 1.82) is 5.26 Å². The molecule has 1 N–H and O–H groups in total. The number of Topliss-reactive ketones (excluding diaryl/α,β-unsaturated/α-hetero) is 1. The lowest BCUT2D eigenvalue weighted by atomic mass is 10.1. The van der Waals surface area contributed by atoms with Gasteiger partial charge >= 0.3 is 0 Å². The Hall–Kier alpha value is -3.61. The van der Waals surface area contributed by atoms with Crippen molar-refractivity contribution in [2.24, 2.45) is 0 Å². The highest BCUT2D eigenvalue weighted by Gasteiger charge is 2.47. The summed E-state index contributed by atoms with van der Waals surface area (Å²) in [5, 5.41) is 11.8. The molecule has 2 aromatic rings. The molecule has 1 aliphatic rings. The standard InChI is InChI=1S/C20H18F2N4O4/c1-12(27)10-30-14-2-3-17-16(6-14)15(4-5-24-17)19(29)25-9-18(28)26-11-20(21,22)7-13(26)8-23/h2-6,13H,7,9-11H2,1H3,(H,25,29). The number of nitrogens with zero attached hydrogens (tertiary/aromatic N) is 3. The fourth-order valence-electron chi connectivity index (χ4n) is 3.15. The quantitative estimate of drug-likeness (QED) is 0.767. The van der Waals surface area contributed by atoms with Crippen molar-refractivity contribution in [3.05, 3.63) is 36.0 Å². The highest BCUT2D eigenvalue weighted by atomic mass is 19.3. The van der Waals surface area contributed by atoms with Gasteiger partial charge in [0, 0.05) is 18.0 Å². The number of aromatic nitrogens is 1. The lowest BCUT2D eigenvalue weighted by Gasteiger charge is -2.19. The number of halogens is 2. The van der Waals surface area contributed by atoms with Gasteiger partial charge in [-0.25, -0.2) is 8.78 Å². The van der Waals surface area contributed by atoms with Gasteiger partial charge in [0.2, 0.25) is 5.91 Å². The monoisotopic (exact) mass is 416 g/mol. The van der Waals surface area contributed by atoms with Crippen molar-refractivity contribution in [1.82, 2.24) is 15.2 Å². The molecule has 1 atom stereocenters. The predicted molar refractivity (Wildman–Crippen MR) is 101 cm³/mol. The Labute approximate surface area is 170 Å². The Balaban J connectivity index is 1.73. The average molecular weight is 416 g/mol. The SMILES string of the molecule is CC(=O)COc1ccc2nccc(C(=O)NCC(=O)N3CC(F)(F)CC3C#N)c2c1. The lowest BCUT2D eigenvalue weighted by Crippen LogP contribution is -2.43. The van der Waals surface area contributed by atoms with E-state index in [1.807, 2.05) is 0 Å². The first-order valence-corrected chi connectivity index (χ1v) is 9.06. The first-order chi connectivity index (χ1) is 14.2. The van der Waals surface area contributed by atoms with Gasteiger partial charge in [0.05, 0.1) is 30.2 Å². The van der Waals surface area contributed by atoms with Crippen LogP contribution < -0.4 is 10.1 Å². The summed E-state index contributed by atoms with van der Waals surface area (Å²) in [6.07, 6.45) is 0.698. The molecule has 1 unspecified atom stereocenters. The van der Waals surface area contributed by atoms with Crippen LogP contribution in [0.5, 0.6) is 5.75 Å². The van der Waals surface area contributed by atoms with E-state index in [1.54, 1.807) is 24.3 Å². The highest BCUT2D eigenvalue weighted by molar-refractivity contribution is 6.07. The number of ether oxygens (including phenoxy) is 1. The van der Waals surface area contributed by atoms with Crippen molar-refractivity contribution in [3.8, 4) is 11.8 Å². The molecule has 8 nitrogen and oxygen atoms in total. The van der Waals surface area contributed by atoms with E-state index in [-0.39, 0.29) is 18.0 Å². The number of fused-ring (bicyclic) bond motifs is 1. The summed E-state index contributed by atoms with van der Waals surface area (Å²) < 4.78 is 32.4. The summed E-state index contributed by atoms with van der Waals surface area (Å²) in [5.41, 5.74) is 0.692. The van der Waals surface area contributed by atoms with Crippen LogP contribution in [0.3, 0.4) is 0 Å². The fourth-order valence-corrected chi connectivity index (χ4v) is 3.15. The van der Waals surface area contributed by atoms with E-state index in [1.165, 1.54) is 19.2 Å². The molecule has 1 saturated heterocycles. The van der Waals surface area contributed by atoms with Gasteiger partial charge in [-0.15, -0.1) is 0 Å². The number of pyridine rings is 1. The van der Waals surface area contributed by atoms with Crippen LogP contribution in [0.25, 0.3) is 10.9 Å². The third kappa shape index (κ3) is 4.68. The number of hydrogen-bond acceptors (Lipinski definition) is 6. The molecule has 156 valence electrons. The number of likely N-dealkylation sites (tertiary alicyclic amines) is 1. The Morgan fingerprint density at radius 2 is 2.13 bits per heavy atom. The zero-order chi connectivity index (χ0) is 21.9. The van der Waals surface area contributed by atoms with E-state index in [2.05, 4.69) is 10.3 Å². The molecule has 0 bridgehead atoms. The molecule has 0 aliphatic carbocycles. The number of carbonyl (C=O) groups is 3. The van der Waals surface area contributed by atoms with E-state index in [0.717, 1.165) is 4.90 Å². The summed E-state index contributed by atoms with van der Waals surface area (Å²) >= 11 is 0. The molecule has 30 heavy (non-hydrogen) atoms. The van der Waals surface area contributed by atoms with Crippen LogP contribution >= 0.6 is 0 Å². The molecule has 2 heterocycles. The Morgan fingerprint density at radius 1 is 1.37 bits per heavy atom. The van der Waals surface area contributed by atoms with Gasteiger partial charge in [0.15, 0.2) is 5.78 Å². The second kappa shape index (κ2) is 8.41. The number of nitriles is 1. The zero-order valence-electron chi connectivity index (χ0n) is 16.0. The van der Waals surface area contributed by atoms with Gasteiger partial charge < -0.3 is 15.0 Å². The summed E-state index contributed by atoms with van der Waals surface area (Å²) in [6.45, 7) is -0.125. The number of nitrogens with one attached hydrogen (secondary N) is 1. The minimum absolute atomic E-state index is 0.123. The van der Waals surface area contributed by atoms with E-state index in [4.69, 9.17) is 10.00 Å². The number of hydrogen-bond donors (Lipinski definition) is 1. The minimum Gasteiger partial charge on any atom is -0.486 e. The number of benzene rings is 1. The van der Waals surface area contributed by atoms with Gasteiger partial charge in [-0.05, 0) is 31.2 Å². The highest BCUT2D eigenvalue weighted by Crippen LogP contribution is 2.31. The van der Waals surface area contributed by atoms with Gasteiger partial charge in [-0.2, -0.15) is 5.26 Å². The third-order valence-corrected chi connectivity index (χ3v) is 4.54. The van der Waals surface area contributed by atoms with Gasteiger partial charge in [-0.1, -0.05) is 0 Å². The fraction of sp³-hybridized carbons (Fsp3) is 0.350. The average Bonchev–Trinajstić information content (AvgIpc) is 3.04.